The monoisotopic (exact) mass is 384 g/mol. The number of nitrogens with one attached hydrogen (secondary N) is 2. The van der Waals surface area contributed by atoms with E-state index in [2.05, 4.69) is 20.9 Å². The van der Waals surface area contributed by atoms with Gasteiger partial charge in [-0.3, -0.25) is 19.7 Å². The van der Waals surface area contributed by atoms with Crippen molar-refractivity contribution in [3.8, 4) is 0 Å². The van der Waals surface area contributed by atoms with E-state index in [1.54, 1.807) is 18.2 Å². The van der Waals surface area contributed by atoms with Crippen LogP contribution in [0.15, 0.2) is 58.8 Å². The summed E-state index contributed by atoms with van der Waals surface area (Å²) in [6.07, 6.45) is 0. The molecule has 0 fully saturated rings. The first kappa shape index (κ1) is 20.2. The molecular weight excluding hydrogens is 368 g/mol. The second-order valence-corrected chi connectivity index (χ2v) is 5.56. The molecule has 0 spiro atoms. The van der Waals surface area contributed by atoms with Crippen LogP contribution in [0.2, 0.25) is 0 Å². The number of ketones is 1. The Balaban J connectivity index is 2.16. The Hall–Kier alpha value is -4.15. The topological polar surface area (TPSA) is 169 Å². The normalized spacial score (nSPS) is 11.6. The molecule has 0 aromatic heterocycles. The van der Waals surface area contributed by atoms with Crippen LogP contribution in [-0.4, -0.2) is 28.7 Å². The lowest BCUT2D eigenvalue weighted by Crippen LogP contribution is -2.31. The molecule has 3 amide bonds. The fourth-order valence-electron chi connectivity index (χ4n) is 2.14. The van der Waals surface area contributed by atoms with Crippen molar-refractivity contribution in [1.82, 2.24) is 0 Å². The van der Waals surface area contributed by atoms with Gasteiger partial charge in [-0.1, -0.05) is 12.1 Å². The van der Waals surface area contributed by atoms with Crippen molar-refractivity contribution >= 4 is 40.5 Å². The molecule has 4 N–H and O–H groups in total. The quantitative estimate of drug-likeness (QED) is 0.288. The van der Waals surface area contributed by atoms with Crippen molar-refractivity contribution in [2.75, 3.05) is 10.6 Å². The standard InChI is InChI=1S/C17H16N6O5/c1-10(24)15(16(25)19-12-5-3-7-14(9-12)23(27)28)22-21-13-6-2-4-11(8-13)20-17(18)26/h2-9,15H,1H3,(H,19,25)(H3,18,20,26). The zero-order valence-corrected chi connectivity index (χ0v) is 14.7. The molecule has 0 saturated carbocycles. The third-order valence-electron chi connectivity index (χ3n) is 3.36. The van der Waals surface area contributed by atoms with Crippen LogP contribution < -0.4 is 16.4 Å². The number of non-ortho nitro benzene ring substituents is 1. The molecule has 28 heavy (non-hydrogen) atoms. The zero-order valence-electron chi connectivity index (χ0n) is 14.7. The van der Waals surface area contributed by atoms with Crippen molar-refractivity contribution < 1.29 is 19.3 Å². The SMILES string of the molecule is CC(=O)C(N=Nc1cccc(NC(N)=O)c1)C(=O)Nc1cccc([N+](=O)[O-])c1. The van der Waals surface area contributed by atoms with Gasteiger partial charge in [0.25, 0.3) is 11.6 Å². The van der Waals surface area contributed by atoms with Crippen molar-refractivity contribution in [2.24, 2.45) is 16.0 Å². The third-order valence-corrected chi connectivity index (χ3v) is 3.36. The average Bonchev–Trinajstić information content (AvgIpc) is 2.61. The van der Waals surface area contributed by atoms with Gasteiger partial charge in [-0.2, -0.15) is 10.2 Å². The molecule has 0 aliphatic heterocycles. The second kappa shape index (κ2) is 8.98. The minimum absolute atomic E-state index is 0.147. The smallest absolute Gasteiger partial charge is 0.316 e. The summed E-state index contributed by atoms with van der Waals surface area (Å²) in [6, 6.07) is 9.20. The van der Waals surface area contributed by atoms with Gasteiger partial charge in [-0.05, 0) is 31.2 Å². The van der Waals surface area contributed by atoms with E-state index >= 15 is 0 Å². The number of urea groups is 1. The number of carbonyl (C=O) groups is 3. The van der Waals surface area contributed by atoms with Gasteiger partial charge in [-0.15, -0.1) is 0 Å². The lowest BCUT2D eigenvalue weighted by atomic mass is 10.2. The summed E-state index contributed by atoms with van der Waals surface area (Å²) >= 11 is 0. The number of hydrogen-bond donors (Lipinski definition) is 3. The molecule has 1 unspecified atom stereocenters. The highest BCUT2D eigenvalue weighted by Gasteiger charge is 2.23. The van der Waals surface area contributed by atoms with E-state index in [0.29, 0.717) is 5.69 Å². The molecule has 11 nitrogen and oxygen atoms in total. The number of hydrogen-bond acceptors (Lipinski definition) is 7. The number of nitrogens with two attached hydrogens (primary N) is 1. The molecule has 144 valence electrons. The Morgan fingerprint density at radius 3 is 2.32 bits per heavy atom. The van der Waals surface area contributed by atoms with Gasteiger partial charge >= 0.3 is 6.03 Å². The Bertz CT molecular complexity index is 959. The molecule has 0 heterocycles. The Morgan fingerprint density at radius 2 is 1.71 bits per heavy atom. The van der Waals surface area contributed by atoms with Gasteiger partial charge in [-0.25, -0.2) is 4.79 Å². The lowest BCUT2D eigenvalue weighted by molar-refractivity contribution is -0.384. The Morgan fingerprint density at radius 1 is 1.07 bits per heavy atom. The number of azo groups is 1. The summed E-state index contributed by atoms with van der Waals surface area (Å²) in [5, 5.41) is 23.2. The predicted octanol–water partition coefficient (Wildman–Crippen LogP) is 2.77. The molecule has 0 aliphatic rings. The number of rotatable bonds is 7. The minimum Gasteiger partial charge on any atom is -0.351 e. The summed E-state index contributed by atoms with van der Waals surface area (Å²) < 4.78 is 0. The molecule has 1 atom stereocenters. The molecule has 0 radical (unpaired) electrons. The highest BCUT2D eigenvalue weighted by Crippen LogP contribution is 2.20. The molecular formula is C17H16N6O5. The first-order chi connectivity index (χ1) is 13.3. The van der Waals surface area contributed by atoms with Gasteiger partial charge in [0.05, 0.1) is 10.6 Å². The summed E-state index contributed by atoms with van der Waals surface area (Å²) in [5.74, 6) is -1.36. The number of anilines is 2. The van der Waals surface area contributed by atoms with E-state index < -0.39 is 28.7 Å². The first-order valence-electron chi connectivity index (χ1n) is 7.89. The van der Waals surface area contributed by atoms with Crippen LogP contribution in [0.3, 0.4) is 0 Å². The number of amides is 3. The molecule has 2 aromatic rings. The maximum Gasteiger partial charge on any atom is 0.316 e. The van der Waals surface area contributed by atoms with Crippen molar-refractivity contribution in [2.45, 2.75) is 13.0 Å². The van der Waals surface area contributed by atoms with E-state index in [0.717, 1.165) is 6.07 Å². The van der Waals surface area contributed by atoms with Crippen LogP contribution in [-0.2, 0) is 9.59 Å². The van der Waals surface area contributed by atoms with Crippen LogP contribution in [0.4, 0.5) is 27.5 Å². The van der Waals surface area contributed by atoms with Gasteiger partial charge in [0.15, 0.2) is 5.78 Å². The molecule has 0 bridgehead atoms. The van der Waals surface area contributed by atoms with Crippen LogP contribution in [0.5, 0.6) is 0 Å². The number of primary amides is 1. The first-order valence-corrected chi connectivity index (χ1v) is 7.89. The number of nitro groups is 1. The van der Waals surface area contributed by atoms with Crippen molar-refractivity contribution in [1.29, 1.82) is 0 Å². The van der Waals surface area contributed by atoms with Crippen molar-refractivity contribution in [3.63, 3.8) is 0 Å². The Labute approximate surface area is 158 Å². The van der Waals surface area contributed by atoms with Crippen LogP contribution >= 0.6 is 0 Å². The molecule has 2 rings (SSSR count). The maximum absolute atomic E-state index is 12.3. The highest BCUT2D eigenvalue weighted by atomic mass is 16.6. The Kier molecular flexibility index (Phi) is 6.47. The fourth-order valence-corrected chi connectivity index (χ4v) is 2.14. The molecule has 0 saturated heterocycles. The number of benzene rings is 2. The predicted molar refractivity (Wildman–Crippen MR) is 100 cm³/mol. The number of nitro benzene ring substituents is 1. The number of Topliss-reactive ketones (excluding diaryl/α,β-unsaturated/α-hetero) is 1. The van der Waals surface area contributed by atoms with Gasteiger partial charge in [0.1, 0.15) is 0 Å². The summed E-state index contributed by atoms with van der Waals surface area (Å²) in [6.45, 7) is 1.17. The van der Waals surface area contributed by atoms with Gasteiger partial charge < -0.3 is 16.4 Å². The summed E-state index contributed by atoms with van der Waals surface area (Å²) in [7, 11) is 0. The largest absolute Gasteiger partial charge is 0.351 e. The van der Waals surface area contributed by atoms with Crippen LogP contribution in [0.1, 0.15) is 6.92 Å². The maximum atomic E-state index is 12.3. The van der Waals surface area contributed by atoms with Gasteiger partial charge in [0, 0.05) is 23.5 Å². The highest BCUT2D eigenvalue weighted by molar-refractivity contribution is 6.10. The van der Waals surface area contributed by atoms with E-state index in [1.165, 1.54) is 31.2 Å². The van der Waals surface area contributed by atoms with Crippen LogP contribution in [0, 0.1) is 10.1 Å². The summed E-state index contributed by atoms with van der Waals surface area (Å²) in [5.41, 5.74) is 5.61. The fraction of sp³-hybridized carbons (Fsp3) is 0.118. The second-order valence-electron chi connectivity index (χ2n) is 5.56. The van der Waals surface area contributed by atoms with E-state index in [-0.39, 0.29) is 17.1 Å². The number of carbonyl (C=O) groups excluding carboxylic acids is 3. The van der Waals surface area contributed by atoms with E-state index in [1.807, 2.05) is 0 Å². The van der Waals surface area contributed by atoms with Gasteiger partial charge in [0.2, 0.25) is 6.04 Å². The summed E-state index contributed by atoms with van der Waals surface area (Å²) in [4.78, 5) is 45.2. The molecule has 0 aliphatic carbocycles. The molecule has 11 heteroatoms. The third kappa shape index (κ3) is 5.69. The lowest BCUT2D eigenvalue weighted by Gasteiger charge is -2.09. The minimum atomic E-state index is -1.45. The van der Waals surface area contributed by atoms with Crippen molar-refractivity contribution in [3.05, 3.63) is 58.6 Å². The zero-order chi connectivity index (χ0) is 20.7. The van der Waals surface area contributed by atoms with Crippen LogP contribution in [0.25, 0.3) is 0 Å². The average molecular weight is 384 g/mol. The van der Waals surface area contributed by atoms with E-state index in [4.69, 9.17) is 5.73 Å². The number of nitrogens with zero attached hydrogens (tertiary/aromatic N) is 3. The molecule has 2 aromatic carbocycles. The van der Waals surface area contributed by atoms with E-state index in [9.17, 15) is 24.5 Å².